The molecule has 0 radical (unpaired) electrons. The highest BCUT2D eigenvalue weighted by molar-refractivity contribution is 7.11. The fourth-order valence-corrected chi connectivity index (χ4v) is 4.13. The van der Waals surface area contributed by atoms with Crippen molar-refractivity contribution in [2.75, 3.05) is 6.61 Å². The number of nitrogens with zero attached hydrogens (tertiary/aromatic N) is 1. The Hall–Kier alpha value is -0.450. The van der Waals surface area contributed by atoms with Gasteiger partial charge in [0, 0.05) is 29.1 Å². The fraction of sp³-hybridized carbons (Fsp3) is 0.800. The van der Waals surface area contributed by atoms with Gasteiger partial charge in [0.25, 0.3) is 0 Å². The molecule has 2 aliphatic rings. The van der Waals surface area contributed by atoms with Crippen molar-refractivity contribution in [3.8, 4) is 0 Å². The molecule has 1 aromatic rings. The van der Waals surface area contributed by atoms with Crippen LogP contribution in [0.25, 0.3) is 0 Å². The smallest absolute Gasteiger partial charge is 0.0959 e. The Morgan fingerprint density at radius 1 is 1.37 bits per heavy atom. The third kappa shape index (κ3) is 3.01. The molecule has 2 N–H and O–H groups in total. The highest BCUT2D eigenvalue weighted by Gasteiger charge is 2.40. The number of hydrogen-bond acceptors (Lipinski definition) is 4. The summed E-state index contributed by atoms with van der Waals surface area (Å²) in [6, 6.07) is 0. The summed E-state index contributed by atoms with van der Waals surface area (Å²) in [5.41, 5.74) is -0.0997. The molecule has 0 bridgehead atoms. The first-order chi connectivity index (χ1) is 9.21. The highest BCUT2D eigenvalue weighted by atomic mass is 32.1. The van der Waals surface area contributed by atoms with Crippen molar-refractivity contribution in [2.24, 2.45) is 5.92 Å². The van der Waals surface area contributed by atoms with Crippen LogP contribution in [0.4, 0.5) is 0 Å². The van der Waals surface area contributed by atoms with Gasteiger partial charge in [-0.3, -0.25) is 0 Å². The van der Waals surface area contributed by atoms with Gasteiger partial charge in [-0.2, -0.15) is 0 Å². The molecular formula is C15H24N2OS. The van der Waals surface area contributed by atoms with E-state index in [1.54, 1.807) is 0 Å². The molecule has 3 nitrogen and oxygen atoms in total. The van der Waals surface area contributed by atoms with Gasteiger partial charge in [0.05, 0.1) is 11.6 Å². The van der Waals surface area contributed by atoms with Crippen LogP contribution in [0.2, 0.25) is 0 Å². The predicted octanol–water partition coefficient (Wildman–Crippen LogP) is 3.05. The van der Waals surface area contributed by atoms with E-state index >= 15 is 0 Å². The van der Waals surface area contributed by atoms with Crippen LogP contribution in [0, 0.1) is 5.92 Å². The van der Waals surface area contributed by atoms with Gasteiger partial charge in [-0.05, 0) is 38.5 Å². The molecule has 19 heavy (non-hydrogen) atoms. The zero-order valence-corrected chi connectivity index (χ0v) is 12.5. The first-order valence-electron chi connectivity index (χ1n) is 7.52. The summed E-state index contributed by atoms with van der Waals surface area (Å²) >= 11 is 1.86. The Labute approximate surface area is 119 Å². The molecule has 1 atom stereocenters. The molecule has 1 unspecified atom stereocenters. The largest absolute Gasteiger partial charge is 0.394 e. The fourth-order valence-electron chi connectivity index (χ4n) is 3.10. The van der Waals surface area contributed by atoms with E-state index in [1.165, 1.54) is 48.4 Å². The molecule has 1 heterocycles. The van der Waals surface area contributed by atoms with Crippen LogP contribution in [-0.4, -0.2) is 22.2 Å². The zero-order chi connectivity index (χ0) is 13.3. The van der Waals surface area contributed by atoms with Gasteiger partial charge in [0.15, 0.2) is 0 Å². The van der Waals surface area contributed by atoms with Crippen LogP contribution in [0.5, 0.6) is 0 Å². The second kappa shape index (κ2) is 5.51. The molecule has 2 saturated carbocycles. The van der Waals surface area contributed by atoms with E-state index in [2.05, 4.69) is 17.2 Å². The summed E-state index contributed by atoms with van der Waals surface area (Å²) in [7, 11) is 0. The third-order valence-corrected chi connectivity index (χ3v) is 5.91. The average molecular weight is 280 g/mol. The summed E-state index contributed by atoms with van der Waals surface area (Å²) in [6.07, 6.45) is 9.88. The van der Waals surface area contributed by atoms with Crippen molar-refractivity contribution in [3.63, 3.8) is 0 Å². The van der Waals surface area contributed by atoms with Gasteiger partial charge in [-0.25, -0.2) is 4.98 Å². The molecule has 0 aliphatic heterocycles. The first kappa shape index (κ1) is 13.5. The Bertz CT molecular complexity index is 424. The van der Waals surface area contributed by atoms with Crippen LogP contribution in [0.3, 0.4) is 0 Å². The van der Waals surface area contributed by atoms with E-state index in [-0.39, 0.29) is 12.1 Å². The number of nitrogens with one attached hydrogen (secondary N) is 1. The topological polar surface area (TPSA) is 45.1 Å². The third-order valence-electron chi connectivity index (χ3n) is 4.75. The highest BCUT2D eigenvalue weighted by Crippen LogP contribution is 2.40. The van der Waals surface area contributed by atoms with Gasteiger partial charge in [0.1, 0.15) is 0 Å². The number of aromatic nitrogens is 1. The van der Waals surface area contributed by atoms with Crippen molar-refractivity contribution < 1.29 is 5.11 Å². The normalized spacial score (nSPS) is 23.7. The zero-order valence-electron chi connectivity index (χ0n) is 11.7. The van der Waals surface area contributed by atoms with Crippen molar-refractivity contribution in [3.05, 3.63) is 16.1 Å². The van der Waals surface area contributed by atoms with Crippen LogP contribution in [-0.2, 0) is 6.54 Å². The minimum absolute atomic E-state index is 0.0997. The number of thiazole rings is 1. The van der Waals surface area contributed by atoms with E-state index in [0.717, 1.165) is 6.54 Å². The molecule has 0 aromatic carbocycles. The van der Waals surface area contributed by atoms with Crippen LogP contribution < -0.4 is 5.32 Å². The standard InChI is InChI=1S/C15H24N2OS/c1-15(10-18,12-6-7-12)17-9-13-8-16-14(19-13)11-4-2-3-5-11/h8,11-12,17-18H,2-7,9-10H2,1H3. The van der Waals surface area contributed by atoms with Crippen LogP contribution >= 0.6 is 11.3 Å². The Morgan fingerprint density at radius 2 is 2.11 bits per heavy atom. The number of aliphatic hydroxyl groups is 1. The summed E-state index contributed by atoms with van der Waals surface area (Å²) in [4.78, 5) is 5.91. The molecule has 1 aromatic heterocycles. The van der Waals surface area contributed by atoms with Crippen LogP contribution in [0.1, 0.15) is 61.3 Å². The minimum atomic E-state index is -0.0997. The van der Waals surface area contributed by atoms with Crippen molar-refractivity contribution >= 4 is 11.3 Å². The monoisotopic (exact) mass is 280 g/mol. The SMILES string of the molecule is CC(CO)(NCc1cnc(C2CCCC2)s1)C1CC1. The lowest BCUT2D eigenvalue weighted by molar-refractivity contribution is 0.154. The predicted molar refractivity (Wildman–Crippen MR) is 78.4 cm³/mol. The first-order valence-corrected chi connectivity index (χ1v) is 8.33. The molecule has 4 heteroatoms. The Morgan fingerprint density at radius 3 is 2.74 bits per heavy atom. The maximum atomic E-state index is 9.58. The maximum Gasteiger partial charge on any atom is 0.0959 e. The molecule has 0 spiro atoms. The second-order valence-corrected chi connectivity index (χ2v) is 7.50. The van der Waals surface area contributed by atoms with Gasteiger partial charge in [0.2, 0.25) is 0 Å². The lowest BCUT2D eigenvalue weighted by atomic mass is 9.97. The van der Waals surface area contributed by atoms with Gasteiger partial charge < -0.3 is 10.4 Å². The van der Waals surface area contributed by atoms with Gasteiger partial charge in [-0.1, -0.05) is 12.8 Å². The Kier molecular flexibility index (Phi) is 3.92. The summed E-state index contributed by atoms with van der Waals surface area (Å²) < 4.78 is 0. The van der Waals surface area contributed by atoms with E-state index in [9.17, 15) is 5.11 Å². The van der Waals surface area contributed by atoms with Gasteiger partial charge >= 0.3 is 0 Å². The quantitative estimate of drug-likeness (QED) is 0.842. The van der Waals surface area contributed by atoms with E-state index < -0.39 is 0 Å². The number of hydrogen-bond donors (Lipinski definition) is 2. The lowest BCUT2D eigenvalue weighted by Crippen LogP contribution is -2.47. The van der Waals surface area contributed by atoms with Gasteiger partial charge in [-0.15, -0.1) is 11.3 Å². The second-order valence-electron chi connectivity index (χ2n) is 6.35. The van der Waals surface area contributed by atoms with Crippen molar-refractivity contribution in [1.29, 1.82) is 0 Å². The minimum Gasteiger partial charge on any atom is -0.394 e. The van der Waals surface area contributed by atoms with E-state index in [0.29, 0.717) is 11.8 Å². The van der Waals surface area contributed by atoms with E-state index in [1.807, 2.05) is 17.5 Å². The van der Waals surface area contributed by atoms with Crippen LogP contribution in [0.15, 0.2) is 6.20 Å². The molecule has 0 amide bonds. The molecular weight excluding hydrogens is 256 g/mol. The number of rotatable bonds is 6. The molecule has 3 rings (SSSR count). The Balaban J connectivity index is 1.57. The average Bonchev–Trinajstić information content (AvgIpc) is 2.96. The molecule has 2 fully saturated rings. The van der Waals surface area contributed by atoms with E-state index in [4.69, 9.17) is 0 Å². The molecule has 106 valence electrons. The summed E-state index contributed by atoms with van der Waals surface area (Å²) in [5.74, 6) is 1.37. The summed E-state index contributed by atoms with van der Waals surface area (Å²) in [5, 5.41) is 14.5. The lowest BCUT2D eigenvalue weighted by Gasteiger charge is -2.28. The maximum absolute atomic E-state index is 9.58. The summed E-state index contributed by atoms with van der Waals surface area (Å²) in [6.45, 7) is 3.22. The number of aliphatic hydroxyl groups excluding tert-OH is 1. The molecule has 0 saturated heterocycles. The van der Waals surface area contributed by atoms with Crippen molar-refractivity contribution in [1.82, 2.24) is 10.3 Å². The van der Waals surface area contributed by atoms with Crippen molar-refractivity contribution in [2.45, 2.75) is 63.5 Å². The molecule has 2 aliphatic carbocycles.